The normalized spacial score (nSPS) is 41.8. The minimum Gasteiger partial charge on any atom is -0.370 e. The van der Waals surface area contributed by atoms with Crippen molar-refractivity contribution in [2.45, 2.75) is 64.1 Å². The van der Waals surface area contributed by atoms with Gasteiger partial charge in [0, 0.05) is 6.54 Å². The van der Waals surface area contributed by atoms with Crippen LogP contribution in [0.25, 0.3) is 0 Å². The van der Waals surface area contributed by atoms with Crippen molar-refractivity contribution in [1.29, 1.82) is 0 Å². The molecule has 1 spiro atoms. The third-order valence-corrected chi connectivity index (χ3v) is 3.89. The van der Waals surface area contributed by atoms with Gasteiger partial charge >= 0.3 is 0 Å². The maximum absolute atomic E-state index is 6.15. The van der Waals surface area contributed by atoms with Crippen LogP contribution in [0.5, 0.6) is 0 Å². The average Bonchev–Trinajstić information content (AvgIpc) is 2.46. The van der Waals surface area contributed by atoms with E-state index in [0.29, 0.717) is 18.1 Å². The summed E-state index contributed by atoms with van der Waals surface area (Å²) in [5.74, 6) is 0. The molecule has 0 radical (unpaired) electrons. The molecule has 0 aromatic heterocycles. The summed E-state index contributed by atoms with van der Waals surface area (Å²) in [4.78, 5) is 0. The first-order valence-corrected chi connectivity index (χ1v) is 5.93. The fourth-order valence-electron chi connectivity index (χ4n) is 3.31. The fourth-order valence-corrected chi connectivity index (χ4v) is 3.31. The fraction of sp³-hybridized carbons (Fsp3) is 1.00. The molecular weight excluding hydrogens is 174 g/mol. The van der Waals surface area contributed by atoms with E-state index in [4.69, 9.17) is 10.5 Å². The molecule has 1 saturated heterocycles. The van der Waals surface area contributed by atoms with E-state index in [1.54, 1.807) is 0 Å². The summed E-state index contributed by atoms with van der Waals surface area (Å²) < 4.78 is 6.15. The molecule has 2 nitrogen and oxygen atoms in total. The van der Waals surface area contributed by atoms with Gasteiger partial charge in [-0.25, -0.2) is 0 Å². The highest BCUT2D eigenvalue weighted by Gasteiger charge is 2.45. The minimum atomic E-state index is 0.200. The third-order valence-electron chi connectivity index (χ3n) is 3.89. The van der Waals surface area contributed by atoms with E-state index < -0.39 is 0 Å². The Bertz CT molecular complexity index is 214. The van der Waals surface area contributed by atoms with Crippen LogP contribution in [0.15, 0.2) is 0 Å². The van der Waals surface area contributed by atoms with Gasteiger partial charge in [0.25, 0.3) is 0 Å². The monoisotopic (exact) mass is 197 g/mol. The molecule has 0 amide bonds. The quantitative estimate of drug-likeness (QED) is 0.701. The maximum Gasteiger partial charge on any atom is 0.0705 e. The summed E-state index contributed by atoms with van der Waals surface area (Å²) in [7, 11) is 0. The van der Waals surface area contributed by atoms with Gasteiger partial charge in [-0.3, -0.25) is 0 Å². The SMILES string of the molecule is CC1(C)CCC[C@]2(CC[C@H](CN)O2)C1. The molecule has 1 heterocycles. The van der Waals surface area contributed by atoms with Gasteiger partial charge < -0.3 is 10.5 Å². The Morgan fingerprint density at radius 3 is 2.64 bits per heavy atom. The lowest BCUT2D eigenvalue weighted by atomic mass is 9.69. The second-order valence-corrected chi connectivity index (χ2v) is 5.89. The largest absolute Gasteiger partial charge is 0.370 e. The zero-order chi connectivity index (χ0) is 10.2. The van der Waals surface area contributed by atoms with Gasteiger partial charge in [-0.1, -0.05) is 20.3 Å². The molecule has 0 aromatic carbocycles. The number of ether oxygens (including phenoxy) is 1. The van der Waals surface area contributed by atoms with Gasteiger partial charge in [0.15, 0.2) is 0 Å². The average molecular weight is 197 g/mol. The van der Waals surface area contributed by atoms with Crippen LogP contribution in [-0.2, 0) is 4.74 Å². The summed E-state index contributed by atoms with van der Waals surface area (Å²) in [6, 6.07) is 0. The third kappa shape index (κ3) is 1.96. The Balaban J connectivity index is 2.03. The molecule has 2 aliphatic rings. The van der Waals surface area contributed by atoms with Crippen molar-refractivity contribution in [2.24, 2.45) is 11.1 Å². The first kappa shape index (κ1) is 10.4. The molecule has 14 heavy (non-hydrogen) atoms. The van der Waals surface area contributed by atoms with Crippen molar-refractivity contribution in [1.82, 2.24) is 0 Å². The van der Waals surface area contributed by atoms with Crippen LogP contribution in [0.4, 0.5) is 0 Å². The Labute approximate surface area is 87.2 Å². The second-order valence-electron chi connectivity index (χ2n) is 5.89. The second kappa shape index (κ2) is 3.49. The van der Waals surface area contributed by atoms with Crippen LogP contribution < -0.4 is 5.73 Å². The van der Waals surface area contributed by atoms with E-state index in [1.165, 1.54) is 38.5 Å². The summed E-state index contributed by atoms with van der Waals surface area (Å²) >= 11 is 0. The molecule has 2 rings (SSSR count). The highest BCUT2D eigenvalue weighted by molar-refractivity contribution is 4.96. The van der Waals surface area contributed by atoms with Gasteiger partial charge in [0.2, 0.25) is 0 Å². The lowest BCUT2D eigenvalue weighted by molar-refractivity contribution is -0.0872. The van der Waals surface area contributed by atoms with Crippen LogP contribution in [0.3, 0.4) is 0 Å². The van der Waals surface area contributed by atoms with Crippen molar-refractivity contribution < 1.29 is 4.74 Å². The van der Waals surface area contributed by atoms with Crippen LogP contribution in [0, 0.1) is 5.41 Å². The standard InChI is InChI=1S/C12H23NO/c1-11(2)5-3-6-12(9-11)7-4-10(8-13)14-12/h10H,3-9,13H2,1-2H3/t10-,12+/m1/s1. The molecule has 2 atom stereocenters. The van der Waals surface area contributed by atoms with Crippen molar-refractivity contribution in [3.8, 4) is 0 Å². The van der Waals surface area contributed by atoms with Crippen LogP contribution >= 0.6 is 0 Å². The maximum atomic E-state index is 6.15. The molecule has 2 heteroatoms. The van der Waals surface area contributed by atoms with Crippen molar-refractivity contribution in [3.63, 3.8) is 0 Å². The molecule has 2 fully saturated rings. The van der Waals surface area contributed by atoms with E-state index in [0.717, 1.165) is 0 Å². The molecule has 82 valence electrons. The molecule has 0 aromatic rings. The Morgan fingerprint density at radius 1 is 1.29 bits per heavy atom. The zero-order valence-corrected chi connectivity index (χ0v) is 9.51. The van der Waals surface area contributed by atoms with Crippen molar-refractivity contribution in [3.05, 3.63) is 0 Å². The summed E-state index contributed by atoms with van der Waals surface area (Å²) in [5.41, 5.74) is 6.34. The lowest BCUT2D eigenvalue weighted by Gasteiger charge is -2.42. The van der Waals surface area contributed by atoms with E-state index in [-0.39, 0.29) is 5.60 Å². The van der Waals surface area contributed by atoms with Gasteiger partial charge in [-0.15, -0.1) is 0 Å². The Morgan fingerprint density at radius 2 is 2.07 bits per heavy atom. The van der Waals surface area contributed by atoms with Gasteiger partial charge in [0.05, 0.1) is 11.7 Å². The van der Waals surface area contributed by atoms with E-state index in [2.05, 4.69) is 13.8 Å². The smallest absolute Gasteiger partial charge is 0.0705 e. The van der Waals surface area contributed by atoms with E-state index in [1.807, 2.05) is 0 Å². The van der Waals surface area contributed by atoms with Crippen LogP contribution in [-0.4, -0.2) is 18.2 Å². The number of hydrogen-bond donors (Lipinski definition) is 1. The van der Waals surface area contributed by atoms with Gasteiger partial charge in [0.1, 0.15) is 0 Å². The summed E-state index contributed by atoms with van der Waals surface area (Å²) in [5, 5.41) is 0. The molecule has 2 N–H and O–H groups in total. The molecule has 1 saturated carbocycles. The lowest BCUT2D eigenvalue weighted by Crippen LogP contribution is -2.39. The number of nitrogens with two attached hydrogens (primary N) is 1. The first-order valence-electron chi connectivity index (χ1n) is 5.93. The minimum absolute atomic E-state index is 0.200. The zero-order valence-electron chi connectivity index (χ0n) is 9.51. The molecule has 1 aliphatic heterocycles. The topological polar surface area (TPSA) is 35.2 Å². The van der Waals surface area contributed by atoms with Gasteiger partial charge in [-0.05, 0) is 37.5 Å². The highest BCUT2D eigenvalue weighted by Crippen LogP contribution is 2.48. The van der Waals surface area contributed by atoms with Crippen LogP contribution in [0.2, 0.25) is 0 Å². The van der Waals surface area contributed by atoms with E-state index >= 15 is 0 Å². The molecule has 1 aliphatic carbocycles. The van der Waals surface area contributed by atoms with E-state index in [9.17, 15) is 0 Å². The predicted molar refractivity (Wildman–Crippen MR) is 58.1 cm³/mol. The molecular formula is C12H23NO. The Kier molecular flexibility index (Phi) is 2.61. The first-order chi connectivity index (χ1) is 6.55. The van der Waals surface area contributed by atoms with Crippen molar-refractivity contribution in [2.75, 3.05) is 6.54 Å². The highest BCUT2D eigenvalue weighted by atomic mass is 16.5. The summed E-state index contributed by atoms with van der Waals surface area (Å²) in [6.45, 7) is 5.43. The molecule has 0 bridgehead atoms. The predicted octanol–water partition coefficient (Wildman–Crippen LogP) is 2.46. The van der Waals surface area contributed by atoms with Crippen molar-refractivity contribution >= 4 is 0 Å². The van der Waals surface area contributed by atoms with Crippen LogP contribution in [0.1, 0.15) is 52.4 Å². The van der Waals surface area contributed by atoms with Gasteiger partial charge in [-0.2, -0.15) is 0 Å². The molecule has 0 unspecified atom stereocenters. The number of hydrogen-bond acceptors (Lipinski definition) is 2. The summed E-state index contributed by atoms with van der Waals surface area (Å²) in [6.07, 6.45) is 7.91. The Hall–Kier alpha value is -0.0800. The number of rotatable bonds is 1.